The highest BCUT2D eigenvalue weighted by atomic mass is 16.1. The van der Waals surface area contributed by atoms with Gasteiger partial charge in [-0.05, 0) is 49.9 Å². The number of nitrogens with one attached hydrogen (secondary N) is 2. The van der Waals surface area contributed by atoms with E-state index in [0.717, 1.165) is 24.1 Å². The van der Waals surface area contributed by atoms with Crippen molar-refractivity contribution in [1.29, 1.82) is 0 Å². The monoisotopic (exact) mass is 338 g/mol. The topological polar surface area (TPSA) is 66.9 Å². The second-order valence-electron chi connectivity index (χ2n) is 6.80. The van der Waals surface area contributed by atoms with Gasteiger partial charge in [-0.1, -0.05) is 37.8 Å². The zero-order valence-electron chi connectivity index (χ0n) is 15.0. The van der Waals surface area contributed by atoms with Gasteiger partial charge in [0.2, 0.25) is 5.95 Å². The predicted molar refractivity (Wildman–Crippen MR) is 100 cm³/mol. The lowest BCUT2D eigenvalue weighted by Crippen LogP contribution is -2.35. The zero-order chi connectivity index (χ0) is 17.6. The summed E-state index contributed by atoms with van der Waals surface area (Å²) in [6.45, 7) is 4.12. The van der Waals surface area contributed by atoms with Gasteiger partial charge in [0.1, 0.15) is 5.69 Å². The summed E-state index contributed by atoms with van der Waals surface area (Å²) in [6, 6.07) is 7.98. The number of amides is 1. The Morgan fingerprint density at radius 1 is 1.08 bits per heavy atom. The minimum atomic E-state index is -0.113. The maximum Gasteiger partial charge on any atom is 0.270 e. The number of aryl methyl sites for hydroxylation is 1. The smallest absolute Gasteiger partial charge is 0.270 e. The van der Waals surface area contributed by atoms with E-state index < -0.39 is 0 Å². The second kappa shape index (κ2) is 8.10. The largest absolute Gasteiger partial charge is 0.348 e. The first kappa shape index (κ1) is 17.4. The summed E-state index contributed by atoms with van der Waals surface area (Å²) in [5.74, 6) is 0.334. The summed E-state index contributed by atoms with van der Waals surface area (Å²) >= 11 is 0. The van der Waals surface area contributed by atoms with Crippen LogP contribution in [0.25, 0.3) is 0 Å². The standard InChI is InChI=1S/C20H26N4O/c1-14-8-7-11-17(15(14)2)23-20-21-13-12-18(24-20)19(25)22-16-9-5-3-4-6-10-16/h7-8,11-13,16H,3-6,9-10H2,1-2H3,(H,22,25)(H,21,23,24). The molecular weight excluding hydrogens is 312 g/mol. The molecule has 1 aliphatic rings. The van der Waals surface area contributed by atoms with Gasteiger partial charge in [-0.15, -0.1) is 0 Å². The number of carbonyl (C=O) groups is 1. The Morgan fingerprint density at radius 3 is 2.60 bits per heavy atom. The normalized spacial score (nSPS) is 15.4. The number of benzene rings is 1. The number of hydrogen-bond acceptors (Lipinski definition) is 4. The molecule has 1 amide bonds. The summed E-state index contributed by atoms with van der Waals surface area (Å²) < 4.78 is 0. The summed E-state index contributed by atoms with van der Waals surface area (Å²) in [5.41, 5.74) is 3.72. The number of hydrogen-bond donors (Lipinski definition) is 2. The van der Waals surface area contributed by atoms with Crippen molar-refractivity contribution in [3.05, 3.63) is 47.3 Å². The Kier molecular flexibility index (Phi) is 5.64. The van der Waals surface area contributed by atoms with E-state index in [1.165, 1.54) is 31.2 Å². The molecule has 0 radical (unpaired) electrons. The van der Waals surface area contributed by atoms with E-state index in [4.69, 9.17) is 0 Å². The van der Waals surface area contributed by atoms with Gasteiger partial charge in [-0.2, -0.15) is 0 Å². The Morgan fingerprint density at radius 2 is 1.84 bits per heavy atom. The van der Waals surface area contributed by atoms with Gasteiger partial charge in [0, 0.05) is 17.9 Å². The molecule has 2 N–H and O–H groups in total. The third-order valence-electron chi connectivity index (χ3n) is 4.93. The van der Waals surface area contributed by atoms with E-state index in [9.17, 15) is 4.79 Å². The highest BCUT2D eigenvalue weighted by Gasteiger charge is 2.17. The van der Waals surface area contributed by atoms with Gasteiger partial charge in [-0.25, -0.2) is 9.97 Å². The van der Waals surface area contributed by atoms with Crippen LogP contribution in [0.4, 0.5) is 11.6 Å². The van der Waals surface area contributed by atoms with Crippen LogP contribution in [0.2, 0.25) is 0 Å². The van der Waals surface area contributed by atoms with Crippen molar-refractivity contribution in [3.8, 4) is 0 Å². The van der Waals surface area contributed by atoms with E-state index in [1.54, 1.807) is 12.3 Å². The van der Waals surface area contributed by atoms with Crippen LogP contribution in [0.3, 0.4) is 0 Å². The van der Waals surface area contributed by atoms with Crippen molar-refractivity contribution in [2.45, 2.75) is 58.4 Å². The van der Waals surface area contributed by atoms with Crippen molar-refractivity contribution < 1.29 is 4.79 Å². The van der Waals surface area contributed by atoms with Gasteiger partial charge in [0.25, 0.3) is 5.91 Å². The van der Waals surface area contributed by atoms with Crippen LogP contribution in [0.5, 0.6) is 0 Å². The Bertz CT molecular complexity index is 736. The highest BCUT2D eigenvalue weighted by molar-refractivity contribution is 5.92. The summed E-state index contributed by atoms with van der Waals surface area (Å²) in [7, 11) is 0. The zero-order valence-corrected chi connectivity index (χ0v) is 15.0. The fraction of sp³-hybridized carbons (Fsp3) is 0.450. The minimum Gasteiger partial charge on any atom is -0.348 e. The first-order valence-corrected chi connectivity index (χ1v) is 9.10. The number of nitrogens with zero attached hydrogens (tertiary/aromatic N) is 2. The van der Waals surface area contributed by atoms with Gasteiger partial charge < -0.3 is 10.6 Å². The first-order valence-electron chi connectivity index (χ1n) is 9.10. The molecule has 0 saturated heterocycles. The van der Waals surface area contributed by atoms with E-state index in [2.05, 4.69) is 40.5 Å². The fourth-order valence-electron chi connectivity index (χ4n) is 3.24. The van der Waals surface area contributed by atoms with Crippen LogP contribution in [-0.4, -0.2) is 21.9 Å². The first-order chi connectivity index (χ1) is 12.1. The number of anilines is 2. The molecule has 1 aromatic heterocycles. The molecule has 1 heterocycles. The number of rotatable bonds is 4. The predicted octanol–water partition coefficient (Wildman–Crippen LogP) is 4.29. The second-order valence-corrected chi connectivity index (χ2v) is 6.80. The molecule has 1 fully saturated rings. The molecule has 0 aliphatic heterocycles. The quantitative estimate of drug-likeness (QED) is 0.816. The van der Waals surface area contributed by atoms with Crippen LogP contribution in [0, 0.1) is 13.8 Å². The molecule has 5 heteroatoms. The third kappa shape index (κ3) is 4.56. The summed E-state index contributed by atoms with van der Waals surface area (Å²) in [4.78, 5) is 21.2. The lowest BCUT2D eigenvalue weighted by Gasteiger charge is -2.16. The van der Waals surface area contributed by atoms with Gasteiger partial charge in [-0.3, -0.25) is 4.79 Å². The average molecular weight is 338 g/mol. The summed E-state index contributed by atoms with van der Waals surface area (Å²) in [6.07, 6.45) is 8.66. The molecule has 0 bridgehead atoms. The molecule has 0 unspecified atom stereocenters. The molecule has 1 saturated carbocycles. The molecule has 25 heavy (non-hydrogen) atoms. The van der Waals surface area contributed by atoms with Crippen LogP contribution in [-0.2, 0) is 0 Å². The van der Waals surface area contributed by atoms with E-state index in [-0.39, 0.29) is 11.9 Å². The van der Waals surface area contributed by atoms with Gasteiger partial charge in [0.05, 0.1) is 0 Å². The van der Waals surface area contributed by atoms with Crippen LogP contribution >= 0.6 is 0 Å². The molecule has 2 aromatic rings. The van der Waals surface area contributed by atoms with E-state index in [1.807, 2.05) is 12.1 Å². The van der Waals surface area contributed by atoms with Gasteiger partial charge in [0.15, 0.2) is 0 Å². The van der Waals surface area contributed by atoms with E-state index >= 15 is 0 Å². The molecule has 3 rings (SSSR count). The Labute approximate surface area is 149 Å². The maximum atomic E-state index is 12.5. The Hall–Kier alpha value is -2.43. The van der Waals surface area contributed by atoms with Crippen molar-refractivity contribution in [3.63, 3.8) is 0 Å². The van der Waals surface area contributed by atoms with Crippen molar-refractivity contribution in [1.82, 2.24) is 15.3 Å². The van der Waals surface area contributed by atoms with E-state index in [0.29, 0.717) is 11.6 Å². The minimum absolute atomic E-state index is 0.113. The lowest BCUT2D eigenvalue weighted by atomic mass is 10.1. The molecular formula is C20H26N4O. The molecule has 1 aliphatic carbocycles. The molecule has 0 spiro atoms. The highest BCUT2D eigenvalue weighted by Crippen LogP contribution is 2.21. The van der Waals surface area contributed by atoms with Crippen molar-refractivity contribution in [2.75, 3.05) is 5.32 Å². The number of carbonyl (C=O) groups excluding carboxylic acids is 1. The van der Waals surface area contributed by atoms with Crippen LogP contribution in [0.1, 0.15) is 60.1 Å². The number of aromatic nitrogens is 2. The Balaban J connectivity index is 1.70. The fourth-order valence-corrected chi connectivity index (χ4v) is 3.24. The third-order valence-corrected chi connectivity index (χ3v) is 4.93. The van der Waals surface area contributed by atoms with Crippen LogP contribution < -0.4 is 10.6 Å². The van der Waals surface area contributed by atoms with Crippen molar-refractivity contribution >= 4 is 17.5 Å². The summed E-state index contributed by atoms with van der Waals surface area (Å²) in [5, 5.41) is 6.35. The molecule has 1 aromatic carbocycles. The molecule has 132 valence electrons. The molecule has 0 atom stereocenters. The van der Waals surface area contributed by atoms with Crippen LogP contribution in [0.15, 0.2) is 30.5 Å². The lowest BCUT2D eigenvalue weighted by molar-refractivity contribution is 0.0928. The van der Waals surface area contributed by atoms with Crippen molar-refractivity contribution in [2.24, 2.45) is 0 Å². The maximum absolute atomic E-state index is 12.5. The average Bonchev–Trinajstić information content (AvgIpc) is 2.88. The SMILES string of the molecule is Cc1cccc(Nc2nccc(C(=O)NC3CCCCCC3)n2)c1C. The molecule has 5 nitrogen and oxygen atoms in total. The van der Waals surface area contributed by atoms with Gasteiger partial charge >= 0.3 is 0 Å².